The lowest BCUT2D eigenvalue weighted by molar-refractivity contribution is 0.0696. The Balaban J connectivity index is 1.55. The molecule has 1 aliphatic rings. The molecule has 0 amide bonds. The van der Waals surface area contributed by atoms with Crippen LogP contribution in [-0.2, 0) is 6.54 Å². The van der Waals surface area contributed by atoms with Crippen molar-refractivity contribution in [2.24, 2.45) is 0 Å². The van der Waals surface area contributed by atoms with Gasteiger partial charge in [-0.15, -0.1) is 0 Å². The fourth-order valence-corrected chi connectivity index (χ4v) is 3.59. The number of rotatable bonds is 5. The average Bonchev–Trinajstić information content (AvgIpc) is 3.32. The average molecular weight is 348 g/mol. The van der Waals surface area contributed by atoms with Crippen LogP contribution in [0.4, 0.5) is 0 Å². The van der Waals surface area contributed by atoms with Gasteiger partial charge >= 0.3 is 5.97 Å². The third-order valence-corrected chi connectivity index (χ3v) is 4.80. The number of carboxylic acid groups (broad SMARTS) is 1. The monoisotopic (exact) mass is 348 g/mol. The first-order valence-corrected chi connectivity index (χ1v) is 8.73. The fraction of sp³-hybridized carbons (Fsp3) is 0.250. The highest BCUT2D eigenvalue weighted by Crippen LogP contribution is 2.31. The van der Waals surface area contributed by atoms with Crippen LogP contribution >= 0.6 is 0 Å². The third-order valence-electron chi connectivity index (χ3n) is 4.80. The number of carboxylic acids is 1. The number of likely N-dealkylation sites (tertiary alicyclic amines) is 1. The van der Waals surface area contributed by atoms with Crippen molar-refractivity contribution in [1.29, 1.82) is 0 Å². The van der Waals surface area contributed by atoms with E-state index < -0.39 is 5.97 Å². The molecule has 0 radical (unpaired) electrons. The first kappa shape index (κ1) is 16.5. The molecule has 1 unspecified atom stereocenters. The Hall–Kier alpha value is -2.99. The number of nitrogens with zero attached hydrogens (tertiary/aromatic N) is 4. The van der Waals surface area contributed by atoms with Crippen LogP contribution in [0.1, 0.15) is 40.5 Å². The normalized spacial score (nSPS) is 17.5. The lowest BCUT2D eigenvalue weighted by Gasteiger charge is -2.23. The molecule has 0 spiro atoms. The van der Waals surface area contributed by atoms with Crippen LogP contribution in [0.2, 0.25) is 0 Å². The van der Waals surface area contributed by atoms with Gasteiger partial charge in [-0.2, -0.15) is 5.10 Å². The fourth-order valence-electron chi connectivity index (χ4n) is 3.59. The maximum atomic E-state index is 11.4. The van der Waals surface area contributed by atoms with Gasteiger partial charge in [0.15, 0.2) is 0 Å². The summed E-state index contributed by atoms with van der Waals surface area (Å²) in [6.45, 7) is 1.80. The van der Waals surface area contributed by atoms with Crippen molar-refractivity contribution >= 4 is 5.97 Å². The van der Waals surface area contributed by atoms with E-state index in [1.165, 1.54) is 0 Å². The zero-order valence-electron chi connectivity index (χ0n) is 14.3. The summed E-state index contributed by atoms with van der Waals surface area (Å²) in [7, 11) is 0. The summed E-state index contributed by atoms with van der Waals surface area (Å²) in [5, 5.41) is 13.7. The van der Waals surface area contributed by atoms with E-state index in [1.807, 2.05) is 36.8 Å². The lowest BCUT2D eigenvalue weighted by atomic mass is 10.1. The molecule has 26 heavy (non-hydrogen) atoms. The van der Waals surface area contributed by atoms with Crippen LogP contribution in [0.5, 0.6) is 0 Å². The molecule has 1 atom stereocenters. The molecule has 1 N–H and O–H groups in total. The molecule has 6 nitrogen and oxygen atoms in total. The second kappa shape index (κ2) is 7.09. The largest absolute Gasteiger partial charge is 0.478 e. The first-order valence-electron chi connectivity index (χ1n) is 8.73. The lowest BCUT2D eigenvalue weighted by Crippen LogP contribution is -2.23. The van der Waals surface area contributed by atoms with Crippen LogP contribution < -0.4 is 0 Å². The number of hydrogen-bond donors (Lipinski definition) is 1. The van der Waals surface area contributed by atoms with Gasteiger partial charge in [0.05, 0.1) is 29.2 Å². The van der Waals surface area contributed by atoms with Gasteiger partial charge in [-0.1, -0.05) is 18.2 Å². The van der Waals surface area contributed by atoms with E-state index in [0.29, 0.717) is 11.7 Å². The molecular weight excluding hydrogens is 328 g/mol. The minimum atomic E-state index is -0.951. The molecule has 1 aliphatic heterocycles. The molecule has 3 aromatic rings. The summed E-state index contributed by atoms with van der Waals surface area (Å²) < 4.78 is 1.64. The van der Waals surface area contributed by atoms with Crippen molar-refractivity contribution in [2.45, 2.75) is 25.4 Å². The van der Waals surface area contributed by atoms with Gasteiger partial charge in [-0.3, -0.25) is 9.88 Å². The Kier molecular flexibility index (Phi) is 4.50. The second-order valence-electron chi connectivity index (χ2n) is 6.50. The van der Waals surface area contributed by atoms with Gasteiger partial charge in [-0.25, -0.2) is 9.48 Å². The number of carbonyl (C=O) groups is 1. The van der Waals surface area contributed by atoms with Crippen LogP contribution in [0.25, 0.3) is 5.69 Å². The van der Waals surface area contributed by atoms with Crippen LogP contribution in [0.15, 0.2) is 61.1 Å². The van der Waals surface area contributed by atoms with Crippen molar-refractivity contribution in [1.82, 2.24) is 19.7 Å². The smallest absolute Gasteiger partial charge is 0.337 e. The Bertz CT molecular complexity index is 907. The molecule has 4 rings (SSSR count). The summed E-state index contributed by atoms with van der Waals surface area (Å²) in [6.07, 6.45) is 7.82. The van der Waals surface area contributed by atoms with Crippen LogP contribution in [-0.4, -0.2) is 37.3 Å². The summed E-state index contributed by atoms with van der Waals surface area (Å²) in [4.78, 5) is 18.3. The molecule has 3 heterocycles. The number of aromatic carboxylic acids is 1. The molecule has 6 heteroatoms. The summed E-state index contributed by atoms with van der Waals surface area (Å²) in [5.74, 6) is -0.951. The van der Waals surface area contributed by atoms with Crippen LogP contribution in [0, 0.1) is 0 Å². The zero-order valence-corrected chi connectivity index (χ0v) is 14.3. The molecular formula is C20H20N4O2. The topological polar surface area (TPSA) is 71.2 Å². The number of benzene rings is 1. The molecule has 1 saturated heterocycles. The van der Waals surface area contributed by atoms with Crippen molar-refractivity contribution in [2.75, 3.05) is 6.54 Å². The van der Waals surface area contributed by atoms with Gasteiger partial charge in [0.1, 0.15) is 0 Å². The number of pyridine rings is 1. The highest BCUT2D eigenvalue weighted by molar-refractivity contribution is 5.91. The van der Waals surface area contributed by atoms with Crippen molar-refractivity contribution in [3.63, 3.8) is 0 Å². The second-order valence-corrected chi connectivity index (χ2v) is 6.50. The summed E-state index contributed by atoms with van der Waals surface area (Å²) >= 11 is 0. The van der Waals surface area contributed by atoms with Gasteiger partial charge in [-0.05, 0) is 43.7 Å². The number of hydrogen-bond acceptors (Lipinski definition) is 4. The molecule has 2 aromatic heterocycles. The van der Waals surface area contributed by atoms with Crippen molar-refractivity contribution in [3.8, 4) is 5.69 Å². The quantitative estimate of drug-likeness (QED) is 0.766. The van der Waals surface area contributed by atoms with E-state index in [4.69, 9.17) is 0 Å². The molecule has 0 bridgehead atoms. The molecule has 0 saturated carbocycles. The number of para-hydroxylation sites is 1. The van der Waals surface area contributed by atoms with Crippen molar-refractivity contribution < 1.29 is 9.90 Å². The Morgan fingerprint density at radius 1 is 1.19 bits per heavy atom. The van der Waals surface area contributed by atoms with E-state index in [9.17, 15) is 9.90 Å². The van der Waals surface area contributed by atoms with Crippen LogP contribution in [0.3, 0.4) is 0 Å². The molecule has 0 aliphatic carbocycles. The van der Waals surface area contributed by atoms with Gasteiger partial charge in [0, 0.05) is 24.5 Å². The zero-order chi connectivity index (χ0) is 17.9. The van der Waals surface area contributed by atoms with Crippen molar-refractivity contribution in [3.05, 3.63) is 77.9 Å². The minimum absolute atomic E-state index is 0.245. The molecule has 1 fully saturated rings. The highest BCUT2D eigenvalue weighted by Gasteiger charge is 2.27. The van der Waals surface area contributed by atoms with E-state index in [1.54, 1.807) is 22.9 Å². The maximum absolute atomic E-state index is 11.4. The highest BCUT2D eigenvalue weighted by atomic mass is 16.4. The Morgan fingerprint density at radius 2 is 2.04 bits per heavy atom. The third kappa shape index (κ3) is 3.23. The SMILES string of the molecule is O=C(O)c1ccccc1-n1cc(CN2CCCC2c2ccccn2)cn1. The Morgan fingerprint density at radius 3 is 2.85 bits per heavy atom. The van der Waals surface area contributed by atoms with E-state index >= 15 is 0 Å². The van der Waals surface area contributed by atoms with Gasteiger partial charge in [0.2, 0.25) is 0 Å². The Labute approximate surface area is 151 Å². The first-order chi connectivity index (χ1) is 12.7. The number of aromatic nitrogens is 3. The standard InChI is InChI=1S/C20H20N4O2/c25-20(26)16-6-1-2-8-18(16)24-14-15(12-22-24)13-23-11-5-9-19(23)17-7-3-4-10-21-17/h1-4,6-8,10,12,14,19H,5,9,11,13H2,(H,25,26). The minimum Gasteiger partial charge on any atom is -0.478 e. The van der Waals surface area contributed by atoms with E-state index in [2.05, 4.69) is 21.0 Å². The predicted molar refractivity (Wildman–Crippen MR) is 97.1 cm³/mol. The molecule has 1 aromatic carbocycles. The maximum Gasteiger partial charge on any atom is 0.337 e. The van der Waals surface area contributed by atoms with Gasteiger partial charge < -0.3 is 5.11 Å². The summed E-state index contributed by atoms with van der Waals surface area (Å²) in [5.41, 5.74) is 2.99. The van der Waals surface area contributed by atoms with Gasteiger partial charge in [0.25, 0.3) is 0 Å². The van der Waals surface area contributed by atoms with E-state index in [0.717, 1.165) is 37.2 Å². The molecule has 132 valence electrons. The predicted octanol–water partition coefficient (Wildman–Crippen LogP) is 3.30. The van der Waals surface area contributed by atoms with E-state index in [-0.39, 0.29) is 5.56 Å². The summed E-state index contributed by atoms with van der Waals surface area (Å²) in [6, 6.07) is 13.3.